The second-order valence-corrected chi connectivity index (χ2v) is 6.79. The van der Waals surface area contributed by atoms with E-state index in [4.69, 9.17) is 4.74 Å². The molecule has 0 atom stereocenters. The van der Waals surface area contributed by atoms with Crippen molar-refractivity contribution >= 4 is 5.57 Å². The largest absolute Gasteiger partial charge is 0.573 e. The van der Waals surface area contributed by atoms with Crippen LogP contribution in [0, 0.1) is 0 Å². The third-order valence-electron chi connectivity index (χ3n) is 4.36. The number of allylic oxidation sites excluding steroid dienone is 2. The Morgan fingerprint density at radius 1 is 0.719 bits per heavy atom. The van der Waals surface area contributed by atoms with Crippen LogP contribution in [0.1, 0.15) is 17.5 Å². The Balaban J connectivity index is 1.70. The van der Waals surface area contributed by atoms with Crippen molar-refractivity contribution in [2.45, 2.75) is 25.4 Å². The van der Waals surface area contributed by atoms with Gasteiger partial charge in [-0.3, -0.25) is 0 Å². The van der Waals surface area contributed by atoms with E-state index in [0.29, 0.717) is 17.9 Å². The number of halogens is 6. The molecule has 0 spiro atoms. The highest BCUT2D eigenvalue weighted by Gasteiger charge is 2.35. The predicted octanol–water partition coefficient (Wildman–Crippen LogP) is 7.96. The van der Waals surface area contributed by atoms with Crippen molar-refractivity contribution < 1.29 is 35.8 Å². The summed E-state index contributed by atoms with van der Waals surface area (Å²) in [4.78, 5) is 0. The SMILES string of the molecule is FC(F)(F)Oc1ccc(/C(=C\CCc2cccc(Oc3ccccc3)c2)C(F)(F)F)cc1. The number of hydrogen-bond donors (Lipinski definition) is 0. The van der Waals surface area contributed by atoms with E-state index in [1.54, 1.807) is 36.4 Å². The summed E-state index contributed by atoms with van der Waals surface area (Å²) in [6.45, 7) is 0. The molecular formula is C24H18F6O2. The molecule has 0 heterocycles. The molecule has 0 aliphatic rings. The fourth-order valence-corrected chi connectivity index (χ4v) is 3.01. The lowest BCUT2D eigenvalue weighted by molar-refractivity contribution is -0.274. The van der Waals surface area contributed by atoms with Crippen LogP contribution in [0.25, 0.3) is 5.57 Å². The maximum Gasteiger partial charge on any atom is 0.573 e. The van der Waals surface area contributed by atoms with Gasteiger partial charge in [0, 0.05) is 0 Å². The second-order valence-electron chi connectivity index (χ2n) is 6.79. The molecule has 3 aromatic rings. The molecule has 0 fully saturated rings. The minimum atomic E-state index is -4.91. The molecule has 2 nitrogen and oxygen atoms in total. The zero-order chi connectivity index (χ0) is 23.2. The smallest absolute Gasteiger partial charge is 0.457 e. The Labute approximate surface area is 180 Å². The molecule has 0 aliphatic carbocycles. The molecule has 0 aromatic heterocycles. The summed E-state index contributed by atoms with van der Waals surface area (Å²) >= 11 is 0. The van der Waals surface area contributed by atoms with Crippen molar-refractivity contribution in [3.8, 4) is 17.2 Å². The lowest BCUT2D eigenvalue weighted by Crippen LogP contribution is -2.17. The third-order valence-corrected chi connectivity index (χ3v) is 4.36. The van der Waals surface area contributed by atoms with Crippen LogP contribution in [-0.4, -0.2) is 12.5 Å². The third kappa shape index (κ3) is 7.08. The van der Waals surface area contributed by atoms with Gasteiger partial charge < -0.3 is 9.47 Å². The zero-order valence-electron chi connectivity index (χ0n) is 16.6. The van der Waals surface area contributed by atoms with E-state index in [-0.39, 0.29) is 12.0 Å². The number of benzene rings is 3. The summed E-state index contributed by atoms with van der Waals surface area (Å²) in [5.41, 5.74) is -0.383. The fraction of sp³-hybridized carbons (Fsp3) is 0.167. The van der Waals surface area contributed by atoms with Gasteiger partial charge in [0.25, 0.3) is 0 Å². The van der Waals surface area contributed by atoms with E-state index in [9.17, 15) is 26.3 Å². The first-order chi connectivity index (χ1) is 15.1. The first kappa shape index (κ1) is 23.2. The van der Waals surface area contributed by atoms with E-state index >= 15 is 0 Å². The van der Waals surface area contributed by atoms with Crippen LogP contribution in [0.5, 0.6) is 17.2 Å². The molecule has 0 amide bonds. The Kier molecular flexibility index (Phi) is 7.12. The number of ether oxygens (including phenoxy) is 2. The monoisotopic (exact) mass is 452 g/mol. The first-order valence-corrected chi connectivity index (χ1v) is 9.55. The number of rotatable bonds is 7. The molecule has 3 aromatic carbocycles. The summed E-state index contributed by atoms with van der Waals surface area (Å²) in [5, 5.41) is 0. The van der Waals surface area contributed by atoms with Gasteiger partial charge in [-0.15, -0.1) is 13.2 Å². The van der Waals surface area contributed by atoms with Gasteiger partial charge in [0.1, 0.15) is 17.2 Å². The average Bonchev–Trinajstić information content (AvgIpc) is 2.71. The molecule has 0 bridgehead atoms. The van der Waals surface area contributed by atoms with Gasteiger partial charge in [-0.05, 0) is 60.4 Å². The van der Waals surface area contributed by atoms with Crippen LogP contribution < -0.4 is 9.47 Å². The quantitative estimate of drug-likeness (QED) is 0.339. The molecule has 3 rings (SSSR count). The number of aryl methyl sites for hydroxylation is 1. The minimum absolute atomic E-state index is 0.0738. The Bertz CT molecular complexity index is 1040. The lowest BCUT2D eigenvalue weighted by Gasteiger charge is -2.14. The van der Waals surface area contributed by atoms with E-state index < -0.39 is 23.9 Å². The summed E-state index contributed by atoms with van der Waals surface area (Å²) in [6.07, 6.45) is -8.15. The molecule has 32 heavy (non-hydrogen) atoms. The Morgan fingerprint density at radius 3 is 2.00 bits per heavy atom. The van der Waals surface area contributed by atoms with E-state index in [0.717, 1.165) is 35.9 Å². The maximum atomic E-state index is 13.5. The lowest BCUT2D eigenvalue weighted by atomic mass is 10.0. The summed E-state index contributed by atoms with van der Waals surface area (Å²) in [5.74, 6) is 0.619. The van der Waals surface area contributed by atoms with Crippen LogP contribution in [-0.2, 0) is 6.42 Å². The number of alkyl halides is 6. The van der Waals surface area contributed by atoms with Crippen LogP contribution in [0.3, 0.4) is 0 Å². The van der Waals surface area contributed by atoms with Crippen LogP contribution in [0.2, 0.25) is 0 Å². The highest BCUT2D eigenvalue weighted by Crippen LogP contribution is 2.35. The summed E-state index contributed by atoms with van der Waals surface area (Å²) in [6, 6.07) is 19.7. The molecular weight excluding hydrogens is 434 g/mol. The van der Waals surface area contributed by atoms with Gasteiger partial charge in [0.05, 0.1) is 5.57 Å². The topological polar surface area (TPSA) is 18.5 Å². The summed E-state index contributed by atoms with van der Waals surface area (Å²) in [7, 11) is 0. The zero-order valence-corrected chi connectivity index (χ0v) is 16.6. The van der Waals surface area contributed by atoms with Crippen LogP contribution in [0.4, 0.5) is 26.3 Å². The molecule has 168 valence electrons. The maximum absolute atomic E-state index is 13.5. The van der Waals surface area contributed by atoms with Gasteiger partial charge in [-0.2, -0.15) is 13.2 Å². The molecule has 0 aliphatic heterocycles. The fourth-order valence-electron chi connectivity index (χ4n) is 3.01. The standard InChI is InChI=1S/C24H18F6O2/c25-23(26,27)22(18-12-14-20(15-13-18)32-24(28,29)30)11-5-7-17-6-4-10-21(16-17)31-19-8-2-1-3-9-19/h1-4,6,8-16H,5,7H2/b22-11+. The van der Waals surface area contributed by atoms with Crippen molar-refractivity contribution in [1.82, 2.24) is 0 Å². The average molecular weight is 452 g/mol. The van der Waals surface area contributed by atoms with Crippen molar-refractivity contribution in [3.05, 3.63) is 96.1 Å². The Morgan fingerprint density at radius 2 is 1.38 bits per heavy atom. The highest BCUT2D eigenvalue weighted by atomic mass is 19.4. The first-order valence-electron chi connectivity index (χ1n) is 9.55. The number of hydrogen-bond acceptors (Lipinski definition) is 2. The van der Waals surface area contributed by atoms with Crippen LogP contribution in [0.15, 0.2) is 84.9 Å². The summed E-state index contributed by atoms with van der Waals surface area (Å²) < 4.78 is 86.7. The molecule has 0 unspecified atom stereocenters. The molecule has 0 radical (unpaired) electrons. The van der Waals surface area contributed by atoms with Gasteiger partial charge >= 0.3 is 12.5 Å². The number of para-hydroxylation sites is 1. The van der Waals surface area contributed by atoms with Gasteiger partial charge in [0.15, 0.2) is 0 Å². The van der Waals surface area contributed by atoms with Gasteiger partial charge in [-0.25, -0.2) is 0 Å². The Hall–Kier alpha value is -3.42. The molecule has 0 N–H and O–H groups in total. The minimum Gasteiger partial charge on any atom is -0.457 e. The van der Waals surface area contributed by atoms with E-state index in [1.165, 1.54) is 0 Å². The predicted molar refractivity (Wildman–Crippen MR) is 108 cm³/mol. The molecule has 0 saturated carbocycles. The van der Waals surface area contributed by atoms with E-state index in [2.05, 4.69) is 4.74 Å². The van der Waals surface area contributed by atoms with Crippen molar-refractivity contribution in [2.24, 2.45) is 0 Å². The van der Waals surface area contributed by atoms with Crippen molar-refractivity contribution in [3.63, 3.8) is 0 Å². The van der Waals surface area contributed by atoms with Crippen molar-refractivity contribution in [2.75, 3.05) is 0 Å². The highest BCUT2D eigenvalue weighted by molar-refractivity contribution is 5.70. The normalized spacial score (nSPS) is 12.5. The second kappa shape index (κ2) is 9.80. The van der Waals surface area contributed by atoms with Crippen molar-refractivity contribution in [1.29, 1.82) is 0 Å². The van der Waals surface area contributed by atoms with E-state index in [1.807, 2.05) is 18.2 Å². The molecule has 0 saturated heterocycles. The molecule has 8 heteroatoms. The van der Waals surface area contributed by atoms with Crippen LogP contribution >= 0.6 is 0 Å². The van der Waals surface area contributed by atoms with Gasteiger partial charge in [0.2, 0.25) is 0 Å². The van der Waals surface area contributed by atoms with Gasteiger partial charge in [-0.1, -0.05) is 48.5 Å².